The van der Waals surface area contributed by atoms with Gasteiger partial charge in [-0.25, -0.2) is 0 Å². The maximum atomic E-state index is 6.15. The summed E-state index contributed by atoms with van der Waals surface area (Å²) in [5.74, 6) is 1.79. The quantitative estimate of drug-likeness (QED) is 0.468. The van der Waals surface area contributed by atoms with Gasteiger partial charge in [0.05, 0.1) is 6.61 Å². The van der Waals surface area contributed by atoms with E-state index in [9.17, 15) is 0 Å². The Morgan fingerprint density at radius 3 is 2.45 bits per heavy atom. The molecule has 162 valence electrons. The summed E-state index contributed by atoms with van der Waals surface area (Å²) in [6, 6.07) is 10.8. The van der Waals surface area contributed by atoms with Crippen molar-refractivity contribution in [2.75, 3.05) is 18.6 Å². The van der Waals surface area contributed by atoms with E-state index in [1.165, 1.54) is 60.5 Å². The van der Waals surface area contributed by atoms with Crippen molar-refractivity contribution in [3.05, 3.63) is 35.9 Å². The second-order valence-electron chi connectivity index (χ2n) is 7.63. The lowest BCUT2D eigenvalue weighted by molar-refractivity contribution is -0.0703. The van der Waals surface area contributed by atoms with Crippen LogP contribution in [0.3, 0.4) is 0 Å². The Bertz CT molecular complexity index is 737. The van der Waals surface area contributed by atoms with Crippen LogP contribution in [0.1, 0.15) is 78.7 Å². The zero-order valence-electron chi connectivity index (χ0n) is 19.5. The first-order valence-electron chi connectivity index (χ1n) is 11.8. The third-order valence-electron chi connectivity index (χ3n) is 5.78. The fraction of sp³-hybridized carbons (Fsp3) is 0.615. The topological polar surface area (TPSA) is 21.7 Å². The van der Waals surface area contributed by atoms with Gasteiger partial charge in [-0.3, -0.25) is 0 Å². The van der Waals surface area contributed by atoms with E-state index in [2.05, 4.69) is 42.3 Å². The summed E-state index contributed by atoms with van der Waals surface area (Å²) in [5.41, 5.74) is 2.68. The highest BCUT2D eigenvalue weighted by molar-refractivity contribution is 6.02. The lowest BCUT2D eigenvalue weighted by atomic mass is 9.87. The van der Waals surface area contributed by atoms with Crippen molar-refractivity contribution in [3.8, 4) is 5.75 Å². The average Bonchev–Trinajstić information content (AvgIpc) is 3.10. The molecule has 3 nitrogen and oxygen atoms in total. The fourth-order valence-corrected chi connectivity index (χ4v) is 4.42. The van der Waals surface area contributed by atoms with E-state index in [0.717, 1.165) is 24.8 Å². The third-order valence-corrected chi connectivity index (χ3v) is 5.78. The SMILES string of the molecule is CC.CC.CC(OCCC1CCCCC1)Oc1ccc2c3c(cccc13)CN2C. The maximum Gasteiger partial charge on any atom is 0.197 e. The molecule has 2 aromatic carbocycles. The predicted octanol–water partition coefficient (Wildman–Crippen LogP) is 7.55. The van der Waals surface area contributed by atoms with Gasteiger partial charge in [-0.1, -0.05) is 78.0 Å². The van der Waals surface area contributed by atoms with E-state index in [1.54, 1.807) is 0 Å². The maximum absolute atomic E-state index is 6.15. The Balaban J connectivity index is 0.000000707. The van der Waals surface area contributed by atoms with Crippen molar-refractivity contribution in [3.63, 3.8) is 0 Å². The molecule has 0 spiro atoms. The minimum Gasteiger partial charge on any atom is -0.465 e. The van der Waals surface area contributed by atoms with Crippen LogP contribution in [-0.2, 0) is 11.3 Å². The van der Waals surface area contributed by atoms with Crippen molar-refractivity contribution >= 4 is 16.5 Å². The highest BCUT2D eigenvalue weighted by Crippen LogP contribution is 2.41. The molecule has 2 aromatic rings. The van der Waals surface area contributed by atoms with E-state index in [4.69, 9.17) is 9.47 Å². The smallest absolute Gasteiger partial charge is 0.197 e. The van der Waals surface area contributed by atoms with Crippen LogP contribution in [-0.4, -0.2) is 19.9 Å². The van der Waals surface area contributed by atoms with Gasteiger partial charge >= 0.3 is 0 Å². The standard InChI is InChI=1S/C22H29NO2.2C2H6/c1-16(24-14-13-17-7-4-3-5-8-17)25-21-12-11-20-22-18(15-23(20)2)9-6-10-19(21)22;2*1-2/h6,9-12,16-17H,3-5,7-8,13-15H2,1-2H3;2*1-2H3. The first-order chi connectivity index (χ1) is 14.2. The van der Waals surface area contributed by atoms with Crippen LogP contribution < -0.4 is 9.64 Å². The summed E-state index contributed by atoms with van der Waals surface area (Å²) in [6.45, 7) is 11.8. The van der Waals surface area contributed by atoms with Crippen molar-refractivity contribution in [2.24, 2.45) is 5.92 Å². The molecular weight excluding hydrogens is 358 g/mol. The number of anilines is 1. The lowest BCUT2D eigenvalue weighted by Gasteiger charge is -2.23. The van der Waals surface area contributed by atoms with E-state index in [-0.39, 0.29) is 6.29 Å². The first kappa shape index (κ1) is 23.5. The van der Waals surface area contributed by atoms with Crippen LogP contribution in [0.4, 0.5) is 5.69 Å². The van der Waals surface area contributed by atoms with Gasteiger partial charge in [-0.05, 0) is 37.0 Å². The van der Waals surface area contributed by atoms with Gasteiger partial charge in [-0.15, -0.1) is 0 Å². The summed E-state index contributed by atoms with van der Waals surface area (Å²) in [5, 5.41) is 2.53. The third kappa shape index (κ3) is 5.88. The van der Waals surface area contributed by atoms with Crippen LogP contribution in [0.25, 0.3) is 10.8 Å². The van der Waals surface area contributed by atoms with Gasteiger partial charge in [-0.2, -0.15) is 0 Å². The highest BCUT2D eigenvalue weighted by Gasteiger charge is 2.21. The molecule has 1 aliphatic heterocycles. The van der Waals surface area contributed by atoms with Crippen LogP contribution in [0.2, 0.25) is 0 Å². The Hall–Kier alpha value is -1.74. The molecule has 1 heterocycles. The van der Waals surface area contributed by atoms with Crippen LogP contribution in [0, 0.1) is 5.92 Å². The zero-order chi connectivity index (χ0) is 21.2. The Kier molecular flexibility index (Phi) is 9.80. The first-order valence-corrected chi connectivity index (χ1v) is 11.8. The molecule has 0 N–H and O–H groups in total. The predicted molar refractivity (Wildman–Crippen MR) is 126 cm³/mol. The van der Waals surface area contributed by atoms with Crippen molar-refractivity contribution in [2.45, 2.75) is 86.0 Å². The Labute approximate surface area is 178 Å². The summed E-state index contributed by atoms with van der Waals surface area (Å²) in [4.78, 5) is 2.30. The van der Waals surface area contributed by atoms with E-state index in [1.807, 2.05) is 34.6 Å². The molecule has 1 saturated carbocycles. The second kappa shape index (κ2) is 12.1. The van der Waals surface area contributed by atoms with Gasteiger partial charge < -0.3 is 14.4 Å². The van der Waals surface area contributed by atoms with Crippen molar-refractivity contribution in [1.29, 1.82) is 0 Å². The molecule has 0 saturated heterocycles. The molecule has 0 radical (unpaired) electrons. The summed E-state index contributed by atoms with van der Waals surface area (Å²) < 4.78 is 12.1. The van der Waals surface area contributed by atoms with E-state index >= 15 is 0 Å². The van der Waals surface area contributed by atoms with Crippen LogP contribution >= 0.6 is 0 Å². The molecule has 1 atom stereocenters. The van der Waals surface area contributed by atoms with Crippen LogP contribution in [0.15, 0.2) is 30.3 Å². The molecule has 29 heavy (non-hydrogen) atoms. The van der Waals surface area contributed by atoms with E-state index < -0.39 is 0 Å². The molecule has 0 amide bonds. The van der Waals surface area contributed by atoms with E-state index in [0.29, 0.717) is 0 Å². The highest BCUT2D eigenvalue weighted by atomic mass is 16.7. The summed E-state index contributed by atoms with van der Waals surface area (Å²) in [7, 11) is 2.15. The fourth-order valence-electron chi connectivity index (χ4n) is 4.42. The molecule has 0 aromatic heterocycles. The monoisotopic (exact) mass is 399 g/mol. The number of ether oxygens (including phenoxy) is 2. The molecule has 1 aliphatic carbocycles. The molecule has 0 bridgehead atoms. The number of hydrogen-bond donors (Lipinski definition) is 0. The molecule has 4 rings (SSSR count). The lowest BCUT2D eigenvalue weighted by Crippen LogP contribution is -2.19. The average molecular weight is 400 g/mol. The van der Waals surface area contributed by atoms with Crippen molar-refractivity contribution < 1.29 is 9.47 Å². The van der Waals surface area contributed by atoms with Crippen LogP contribution in [0.5, 0.6) is 5.75 Å². The van der Waals surface area contributed by atoms with Gasteiger partial charge in [0.2, 0.25) is 0 Å². The van der Waals surface area contributed by atoms with Crippen molar-refractivity contribution in [1.82, 2.24) is 0 Å². The number of benzene rings is 2. The molecule has 3 heteroatoms. The molecular formula is C26H41NO2. The normalized spacial score (nSPS) is 16.6. The minimum atomic E-state index is -0.209. The van der Waals surface area contributed by atoms with Gasteiger partial charge in [0.1, 0.15) is 5.75 Å². The number of hydrogen-bond acceptors (Lipinski definition) is 3. The second-order valence-corrected chi connectivity index (χ2v) is 7.63. The van der Waals surface area contributed by atoms with Gasteiger partial charge in [0.15, 0.2) is 6.29 Å². The number of nitrogens with zero attached hydrogens (tertiary/aromatic N) is 1. The number of rotatable bonds is 6. The Morgan fingerprint density at radius 2 is 1.72 bits per heavy atom. The Morgan fingerprint density at radius 1 is 1.00 bits per heavy atom. The molecule has 1 unspecified atom stereocenters. The molecule has 1 fully saturated rings. The zero-order valence-corrected chi connectivity index (χ0v) is 19.5. The largest absolute Gasteiger partial charge is 0.465 e. The van der Waals surface area contributed by atoms with Gasteiger partial charge in [0, 0.05) is 30.1 Å². The minimum absolute atomic E-state index is 0.209. The molecule has 2 aliphatic rings. The summed E-state index contributed by atoms with van der Waals surface area (Å²) >= 11 is 0. The summed E-state index contributed by atoms with van der Waals surface area (Å²) in [6.07, 6.45) is 7.92. The van der Waals surface area contributed by atoms with Gasteiger partial charge in [0.25, 0.3) is 0 Å².